The number of amides is 2. The summed E-state index contributed by atoms with van der Waals surface area (Å²) in [6, 6.07) is 11.8. The molecule has 1 saturated carbocycles. The van der Waals surface area contributed by atoms with Crippen LogP contribution in [-0.2, 0) is 23.6 Å². The van der Waals surface area contributed by atoms with Gasteiger partial charge in [0, 0.05) is 31.3 Å². The molecule has 2 heterocycles. The molecule has 2 aliphatic rings. The van der Waals surface area contributed by atoms with E-state index in [0.29, 0.717) is 23.6 Å². The SMILES string of the molecule is CCN1c2c(C(=O)Nc3ccc(F)c(C(N)=O)c3)cc(C(F)(F)F)cc2C2(Cl)CC12c1ccc(-n2c(C)nn(C)c2=O)cc1. The fourth-order valence-electron chi connectivity index (χ4n) is 6.37. The Morgan fingerprint density at radius 2 is 1.77 bits per heavy atom. The number of anilines is 2. The van der Waals surface area contributed by atoms with Gasteiger partial charge in [-0.1, -0.05) is 12.1 Å². The summed E-state index contributed by atoms with van der Waals surface area (Å²) in [5.74, 6) is -2.42. The van der Waals surface area contributed by atoms with E-state index in [2.05, 4.69) is 10.4 Å². The van der Waals surface area contributed by atoms with E-state index in [1.807, 2.05) is 4.90 Å². The Bertz CT molecular complexity index is 1940. The highest BCUT2D eigenvalue weighted by atomic mass is 35.5. The predicted molar refractivity (Wildman–Crippen MR) is 155 cm³/mol. The number of nitrogens with zero attached hydrogens (tertiary/aromatic N) is 4. The van der Waals surface area contributed by atoms with Gasteiger partial charge in [-0.25, -0.2) is 18.4 Å². The molecule has 44 heavy (non-hydrogen) atoms. The summed E-state index contributed by atoms with van der Waals surface area (Å²) in [7, 11) is 1.54. The van der Waals surface area contributed by atoms with Crippen molar-refractivity contribution in [2.24, 2.45) is 12.8 Å². The quantitative estimate of drug-likeness (QED) is 0.231. The molecule has 2 amide bonds. The molecule has 9 nitrogen and oxygen atoms in total. The van der Waals surface area contributed by atoms with Crippen molar-refractivity contribution >= 4 is 34.8 Å². The van der Waals surface area contributed by atoms with Crippen LogP contribution in [0.3, 0.4) is 0 Å². The Hall–Kier alpha value is -4.65. The first-order valence-corrected chi connectivity index (χ1v) is 13.9. The largest absolute Gasteiger partial charge is 0.416 e. The third-order valence-electron chi connectivity index (χ3n) is 8.36. The Kier molecular flexibility index (Phi) is 6.47. The van der Waals surface area contributed by atoms with E-state index in [9.17, 15) is 31.9 Å². The lowest BCUT2D eigenvalue weighted by Gasteiger charge is -2.32. The smallest absolute Gasteiger partial charge is 0.366 e. The number of hydrogen-bond acceptors (Lipinski definition) is 5. The van der Waals surface area contributed by atoms with E-state index in [0.717, 1.165) is 24.3 Å². The molecule has 3 N–H and O–H groups in total. The first kappa shape index (κ1) is 29.4. The lowest BCUT2D eigenvalue weighted by molar-refractivity contribution is -0.137. The van der Waals surface area contributed by atoms with Crippen LogP contribution < -0.4 is 21.6 Å². The fraction of sp³-hybridized carbons (Fsp3) is 0.267. The molecule has 1 aliphatic heterocycles. The minimum absolute atomic E-state index is 0.0330. The third-order valence-corrected chi connectivity index (χ3v) is 9.01. The summed E-state index contributed by atoms with van der Waals surface area (Å²) < 4.78 is 59.1. The molecule has 0 saturated heterocycles. The number of fused-ring (bicyclic) bond motifs is 3. The van der Waals surface area contributed by atoms with Gasteiger partial charge in [0.25, 0.3) is 11.8 Å². The number of primary amides is 1. The summed E-state index contributed by atoms with van der Waals surface area (Å²) in [5, 5.41) is 6.62. The lowest BCUT2D eigenvalue weighted by atomic mass is 9.98. The molecule has 3 aromatic carbocycles. The normalized spacial score (nSPS) is 20.3. The molecule has 1 aromatic heterocycles. The van der Waals surface area contributed by atoms with E-state index in [1.165, 1.54) is 22.4 Å². The van der Waals surface area contributed by atoms with Crippen molar-refractivity contribution in [1.82, 2.24) is 14.3 Å². The highest BCUT2D eigenvalue weighted by molar-refractivity contribution is 6.30. The van der Waals surface area contributed by atoms with Crippen LogP contribution in [0.25, 0.3) is 5.69 Å². The van der Waals surface area contributed by atoms with Crippen LogP contribution >= 0.6 is 11.6 Å². The predicted octanol–water partition coefficient (Wildman–Crippen LogP) is 4.96. The number of nitrogens with two attached hydrogens (primary N) is 1. The molecule has 2 unspecified atom stereocenters. The maximum atomic E-state index is 14.1. The van der Waals surface area contributed by atoms with Crippen molar-refractivity contribution in [3.05, 3.63) is 105 Å². The van der Waals surface area contributed by atoms with Gasteiger partial charge in [-0.05, 0) is 61.9 Å². The highest BCUT2D eigenvalue weighted by Gasteiger charge is 2.76. The molecular weight excluding hydrogens is 604 g/mol. The molecule has 14 heteroatoms. The Morgan fingerprint density at radius 3 is 2.34 bits per heavy atom. The molecule has 228 valence electrons. The zero-order valence-electron chi connectivity index (χ0n) is 23.6. The third kappa shape index (κ3) is 4.13. The van der Waals surface area contributed by atoms with Gasteiger partial charge in [-0.15, -0.1) is 11.6 Å². The number of carbonyl (C=O) groups excluding carboxylic acids is 2. The lowest BCUT2D eigenvalue weighted by Crippen LogP contribution is -2.36. The van der Waals surface area contributed by atoms with Gasteiger partial charge in [-0.2, -0.15) is 18.3 Å². The van der Waals surface area contributed by atoms with E-state index in [-0.39, 0.29) is 34.6 Å². The zero-order chi connectivity index (χ0) is 31.9. The molecule has 6 rings (SSSR count). The van der Waals surface area contributed by atoms with Gasteiger partial charge >= 0.3 is 11.9 Å². The van der Waals surface area contributed by atoms with Crippen LogP contribution in [0, 0.1) is 12.7 Å². The minimum atomic E-state index is -4.79. The van der Waals surface area contributed by atoms with Crippen LogP contribution in [0.1, 0.15) is 56.6 Å². The number of nitrogens with one attached hydrogen (secondary N) is 1. The number of benzene rings is 3. The molecule has 0 bridgehead atoms. The van der Waals surface area contributed by atoms with Gasteiger partial charge in [0.2, 0.25) is 0 Å². The van der Waals surface area contributed by atoms with E-state index >= 15 is 0 Å². The number of aryl methyl sites for hydroxylation is 2. The van der Waals surface area contributed by atoms with Crippen LogP contribution in [0.2, 0.25) is 0 Å². The maximum Gasteiger partial charge on any atom is 0.416 e. The maximum absolute atomic E-state index is 14.1. The van der Waals surface area contributed by atoms with Crippen molar-refractivity contribution in [2.75, 3.05) is 16.8 Å². The second-order valence-corrected chi connectivity index (χ2v) is 11.5. The summed E-state index contributed by atoms with van der Waals surface area (Å²) >= 11 is 7.18. The molecule has 4 aromatic rings. The first-order chi connectivity index (χ1) is 20.6. The van der Waals surface area contributed by atoms with Crippen molar-refractivity contribution in [2.45, 2.75) is 36.9 Å². The Morgan fingerprint density at radius 1 is 1.09 bits per heavy atom. The van der Waals surface area contributed by atoms with Crippen molar-refractivity contribution in [3.63, 3.8) is 0 Å². The van der Waals surface area contributed by atoms with Crippen LogP contribution in [0.15, 0.2) is 59.4 Å². The van der Waals surface area contributed by atoms with E-state index < -0.39 is 45.3 Å². The van der Waals surface area contributed by atoms with Gasteiger partial charge < -0.3 is 16.0 Å². The number of alkyl halides is 4. The minimum Gasteiger partial charge on any atom is -0.366 e. The first-order valence-electron chi connectivity index (χ1n) is 13.5. The number of rotatable bonds is 6. The van der Waals surface area contributed by atoms with Crippen LogP contribution in [-0.4, -0.2) is 32.7 Å². The average molecular weight is 629 g/mol. The van der Waals surface area contributed by atoms with E-state index in [4.69, 9.17) is 17.3 Å². The molecule has 1 fully saturated rings. The monoisotopic (exact) mass is 628 g/mol. The van der Waals surface area contributed by atoms with Crippen molar-refractivity contribution < 1.29 is 27.2 Å². The number of carbonyl (C=O) groups is 2. The summed E-state index contributed by atoms with van der Waals surface area (Å²) in [5.41, 5.74) is 3.65. The topological polar surface area (TPSA) is 115 Å². The van der Waals surface area contributed by atoms with Gasteiger partial charge in [-0.3, -0.25) is 9.59 Å². The second-order valence-electron chi connectivity index (χ2n) is 10.8. The summed E-state index contributed by atoms with van der Waals surface area (Å²) in [6.07, 6.45) is -4.52. The highest BCUT2D eigenvalue weighted by Crippen LogP contribution is 2.76. The van der Waals surface area contributed by atoms with Crippen LogP contribution in [0.4, 0.5) is 28.9 Å². The van der Waals surface area contributed by atoms with Gasteiger partial charge in [0.05, 0.1) is 33.6 Å². The van der Waals surface area contributed by atoms with Gasteiger partial charge in [0.15, 0.2) is 0 Å². The van der Waals surface area contributed by atoms with E-state index in [1.54, 1.807) is 38.1 Å². The number of halogens is 5. The Balaban J connectivity index is 1.45. The second kappa shape index (κ2) is 9.68. The van der Waals surface area contributed by atoms with Crippen molar-refractivity contribution in [1.29, 1.82) is 0 Å². The molecule has 2 atom stereocenters. The number of aromatic nitrogens is 3. The molecule has 0 radical (unpaired) electrons. The molecule has 1 aliphatic carbocycles. The molecule has 0 spiro atoms. The molecular formula is C30H25ClF4N6O3. The van der Waals surface area contributed by atoms with Gasteiger partial charge in [0.1, 0.15) is 16.5 Å². The fourth-order valence-corrected chi connectivity index (χ4v) is 6.92. The van der Waals surface area contributed by atoms with Crippen molar-refractivity contribution in [3.8, 4) is 5.69 Å². The van der Waals surface area contributed by atoms with Crippen LogP contribution in [0.5, 0.6) is 0 Å². The zero-order valence-corrected chi connectivity index (χ0v) is 24.3. The summed E-state index contributed by atoms with van der Waals surface area (Å²) in [4.78, 5) is 38.3. The Labute approximate surface area is 252 Å². The summed E-state index contributed by atoms with van der Waals surface area (Å²) in [6.45, 7) is 3.78. The number of hydrogen-bond donors (Lipinski definition) is 2. The number of likely N-dealkylation sites (N-methyl/N-ethyl adjacent to an activating group) is 1. The standard InChI is InChI=1S/C30H25ClF4N6O3/c1-4-40-24-21(26(43)37-18-7-10-23(32)20(13-18)25(36)42)11-17(30(33,34)35)12-22(24)28(31)14-29(28,40)16-5-8-19(9-6-16)41-15(2)38-39(3)27(41)44/h5-13H,4,14H2,1-3H3,(H2,36,42)(H,37,43). The average Bonchev–Trinajstić information content (AvgIpc) is 3.43.